The van der Waals surface area contributed by atoms with Crippen LogP contribution in [0.3, 0.4) is 0 Å². The third-order valence-electron chi connectivity index (χ3n) is 1.58. The van der Waals surface area contributed by atoms with Gasteiger partial charge in [-0.15, -0.1) is 11.8 Å². The van der Waals surface area contributed by atoms with Crippen LogP contribution < -0.4 is 9.47 Å². The Labute approximate surface area is 69.5 Å². The lowest BCUT2D eigenvalue weighted by atomic mass is 10.3. The quantitative estimate of drug-likeness (QED) is 0.598. The van der Waals surface area contributed by atoms with Crippen LogP contribution in [0, 0.1) is 0 Å². The second-order valence-corrected chi connectivity index (χ2v) is 3.10. The van der Waals surface area contributed by atoms with Gasteiger partial charge in [0.15, 0.2) is 11.5 Å². The summed E-state index contributed by atoms with van der Waals surface area (Å²) in [4.78, 5) is 1.20. The van der Waals surface area contributed by atoms with Gasteiger partial charge in [-0.3, -0.25) is 0 Å². The van der Waals surface area contributed by atoms with Gasteiger partial charge in [0.2, 0.25) is 6.79 Å². The van der Waals surface area contributed by atoms with Crippen LogP contribution in [-0.2, 0) is 0 Å². The Balaban J connectivity index is 2.41. The summed E-state index contributed by atoms with van der Waals surface area (Å²) < 4.78 is 10.4. The molecular formula is C8H8O2S. The Bertz CT molecular complexity index is 273. The molecule has 0 saturated carbocycles. The summed E-state index contributed by atoms with van der Waals surface area (Å²) >= 11 is 1.70. The van der Waals surface area contributed by atoms with Crippen LogP contribution in [0.15, 0.2) is 23.1 Å². The Morgan fingerprint density at radius 1 is 1.27 bits per heavy atom. The van der Waals surface area contributed by atoms with Crippen LogP contribution in [0.1, 0.15) is 0 Å². The standard InChI is InChI=1S/C8H8O2S/c1-11-6-2-3-7-8(4-6)10-5-9-7/h2-4H,5H2,1H3. The maximum absolute atomic E-state index is 5.21. The number of rotatable bonds is 1. The summed E-state index contributed by atoms with van der Waals surface area (Å²) in [6.45, 7) is 0.354. The highest BCUT2D eigenvalue weighted by Gasteiger charge is 2.12. The summed E-state index contributed by atoms with van der Waals surface area (Å²) in [5.41, 5.74) is 0. The van der Waals surface area contributed by atoms with Crippen LogP contribution >= 0.6 is 11.8 Å². The van der Waals surface area contributed by atoms with E-state index in [2.05, 4.69) is 0 Å². The molecule has 0 bridgehead atoms. The van der Waals surface area contributed by atoms with E-state index in [0.717, 1.165) is 11.5 Å². The van der Waals surface area contributed by atoms with Gasteiger partial charge in [-0.1, -0.05) is 0 Å². The first-order chi connectivity index (χ1) is 5.40. The first kappa shape index (κ1) is 6.85. The molecule has 1 heterocycles. The fraction of sp³-hybridized carbons (Fsp3) is 0.250. The number of hydrogen-bond donors (Lipinski definition) is 0. The molecule has 0 radical (unpaired) electrons. The van der Waals surface area contributed by atoms with Crippen LogP contribution in [0.25, 0.3) is 0 Å². The van der Waals surface area contributed by atoms with Gasteiger partial charge in [0.05, 0.1) is 0 Å². The van der Waals surface area contributed by atoms with Crippen molar-refractivity contribution in [2.24, 2.45) is 0 Å². The van der Waals surface area contributed by atoms with Gasteiger partial charge in [-0.05, 0) is 24.5 Å². The van der Waals surface area contributed by atoms with E-state index in [4.69, 9.17) is 9.47 Å². The number of fused-ring (bicyclic) bond motifs is 1. The predicted octanol–water partition coefficient (Wildman–Crippen LogP) is 2.14. The van der Waals surface area contributed by atoms with Gasteiger partial charge in [0, 0.05) is 4.90 Å². The van der Waals surface area contributed by atoms with Crippen molar-refractivity contribution in [1.82, 2.24) is 0 Å². The summed E-state index contributed by atoms with van der Waals surface area (Å²) in [6.07, 6.45) is 2.04. The lowest BCUT2D eigenvalue weighted by Crippen LogP contribution is -1.92. The van der Waals surface area contributed by atoms with Gasteiger partial charge in [-0.2, -0.15) is 0 Å². The molecule has 2 rings (SSSR count). The molecule has 0 aromatic heterocycles. The molecule has 0 atom stereocenters. The Morgan fingerprint density at radius 3 is 2.91 bits per heavy atom. The van der Waals surface area contributed by atoms with Crippen LogP contribution in [-0.4, -0.2) is 13.0 Å². The maximum Gasteiger partial charge on any atom is 0.231 e. The summed E-state index contributed by atoms with van der Waals surface area (Å²) in [5, 5.41) is 0. The monoisotopic (exact) mass is 168 g/mol. The fourth-order valence-corrected chi connectivity index (χ4v) is 1.43. The van der Waals surface area contributed by atoms with Gasteiger partial charge in [-0.25, -0.2) is 0 Å². The van der Waals surface area contributed by atoms with E-state index >= 15 is 0 Å². The zero-order valence-corrected chi connectivity index (χ0v) is 6.98. The molecule has 1 aromatic carbocycles. The minimum Gasteiger partial charge on any atom is -0.454 e. The molecule has 0 unspecified atom stereocenters. The molecule has 1 aliphatic rings. The van der Waals surface area contributed by atoms with E-state index in [1.54, 1.807) is 11.8 Å². The van der Waals surface area contributed by atoms with Crippen LogP contribution in [0.2, 0.25) is 0 Å². The smallest absolute Gasteiger partial charge is 0.231 e. The third kappa shape index (κ3) is 1.16. The predicted molar refractivity (Wildman–Crippen MR) is 44.3 cm³/mol. The zero-order valence-electron chi connectivity index (χ0n) is 6.16. The topological polar surface area (TPSA) is 18.5 Å². The second kappa shape index (κ2) is 2.66. The van der Waals surface area contributed by atoms with Gasteiger partial charge < -0.3 is 9.47 Å². The van der Waals surface area contributed by atoms with Crippen molar-refractivity contribution >= 4 is 11.8 Å². The Morgan fingerprint density at radius 2 is 2.09 bits per heavy atom. The molecule has 1 aliphatic heterocycles. The van der Waals surface area contributed by atoms with Crippen LogP contribution in [0.4, 0.5) is 0 Å². The minimum atomic E-state index is 0.354. The number of hydrogen-bond acceptors (Lipinski definition) is 3. The average molecular weight is 168 g/mol. The van der Waals surface area contributed by atoms with Crippen molar-refractivity contribution in [3.05, 3.63) is 18.2 Å². The van der Waals surface area contributed by atoms with Crippen molar-refractivity contribution < 1.29 is 9.47 Å². The molecule has 3 heteroatoms. The lowest BCUT2D eigenvalue weighted by molar-refractivity contribution is 0.174. The van der Waals surface area contributed by atoms with Crippen molar-refractivity contribution in [3.63, 3.8) is 0 Å². The first-order valence-electron chi connectivity index (χ1n) is 3.34. The molecular weight excluding hydrogens is 160 g/mol. The Kier molecular flexibility index (Phi) is 1.66. The van der Waals surface area contributed by atoms with E-state index in [0.29, 0.717) is 6.79 Å². The maximum atomic E-state index is 5.21. The summed E-state index contributed by atoms with van der Waals surface area (Å²) in [6, 6.07) is 5.96. The Hall–Kier alpha value is -0.830. The van der Waals surface area contributed by atoms with Crippen molar-refractivity contribution in [2.45, 2.75) is 4.90 Å². The zero-order chi connectivity index (χ0) is 7.68. The number of thioether (sulfide) groups is 1. The molecule has 0 fully saturated rings. The van der Waals surface area contributed by atoms with Crippen molar-refractivity contribution in [1.29, 1.82) is 0 Å². The molecule has 0 N–H and O–H groups in total. The average Bonchev–Trinajstić information content (AvgIpc) is 2.50. The van der Waals surface area contributed by atoms with Crippen molar-refractivity contribution in [3.8, 4) is 11.5 Å². The SMILES string of the molecule is CSc1ccc2c(c1)OCO2. The molecule has 58 valence electrons. The van der Waals surface area contributed by atoms with Crippen LogP contribution in [0.5, 0.6) is 11.5 Å². The van der Waals surface area contributed by atoms with E-state index in [1.807, 2.05) is 24.5 Å². The number of benzene rings is 1. The molecule has 1 aromatic rings. The summed E-state index contributed by atoms with van der Waals surface area (Å²) in [7, 11) is 0. The normalized spacial score (nSPS) is 13.5. The minimum absolute atomic E-state index is 0.354. The largest absolute Gasteiger partial charge is 0.454 e. The fourth-order valence-electron chi connectivity index (χ4n) is 1.00. The van der Waals surface area contributed by atoms with Gasteiger partial charge in [0.1, 0.15) is 0 Å². The summed E-state index contributed by atoms with van der Waals surface area (Å²) in [5.74, 6) is 1.71. The molecule has 0 saturated heterocycles. The number of ether oxygens (including phenoxy) is 2. The second-order valence-electron chi connectivity index (χ2n) is 2.22. The third-order valence-corrected chi connectivity index (χ3v) is 2.31. The van der Waals surface area contributed by atoms with E-state index < -0.39 is 0 Å². The van der Waals surface area contributed by atoms with Gasteiger partial charge in [0.25, 0.3) is 0 Å². The van der Waals surface area contributed by atoms with Crippen molar-refractivity contribution in [2.75, 3.05) is 13.0 Å². The first-order valence-corrected chi connectivity index (χ1v) is 4.56. The highest BCUT2D eigenvalue weighted by atomic mass is 32.2. The van der Waals surface area contributed by atoms with Gasteiger partial charge >= 0.3 is 0 Å². The molecule has 11 heavy (non-hydrogen) atoms. The highest BCUT2D eigenvalue weighted by molar-refractivity contribution is 7.98. The lowest BCUT2D eigenvalue weighted by Gasteiger charge is -1.97. The molecule has 0 amide bonds. The molecule has 0 spiro atoms. The van der Waals surface area contributed by atoms with E-state index in [9.17, 15) is 0 Å². The van der Waals surface area contributed by atoms with E-state index in [1.165, 1.54) is 4.90 Å². The van der Waals surface area contributed by atoms with E-state index in [-0.39, 0.29) is 0 Å². The highest BCUT2D eigenvalue weighted by Crippen LogP contribution is 2.34. The molecule has 2 nitrogen and oxygen atoms in total. The molecule has 0 aliphatic carbocycles.